The molecule has 2 unspecified atom stereocenters. The quantitative estimate of drug-likeness (QED) is 0.489. The zero-order valence-corrected chi connectivity index (χ0v) is 18.0. The number of benzene rings is 1. The number of ether oxygens (including phenoxy) is 1. The first kappa shape index (κ1) is 22.9. The van der Waals surface area contributed by atoms with Crippen LogP contribution in [0.4, 0.5) is 0 Å². The first-order valence-electron chi connectivity index (χ1n) is 10.1. The number of aliphatic hydroxyl groups is 1. The van der Waals surface area contributed by atoms with Crippen molar-refractivity contribution in [3.8, 4) is 0 Å². The molecule has 0 amide bonds. The summed E-state index contributed by atoms with van der Waals surface area (Å²) in [5.74, 6) is 0.640. The molecular formula is C21H34Cl2N2O2. The highest BCUT2D eigenvalue weighted by molar-refractivity contribution is 6.35. The summed E-state index contributed by atoms with van der Waals surface area (Å²) in [6, 6.07) is 5.28. The molecule has 0 radical (unpaired) electrons. The maximum atomic E-state index is 10.7. The Morgan fingerprint density at radius 3 is 2.41 bits per heavy atom. The fraction of sp³-hybridized carbons (Fsp3) is 0.714. The van der Waals surface area contributed by atoms with E-state index in [1.807, 2.05) is 32.0 Å². The smallest absolute Gasteiger partial charge is 0.132 e. The number of halogens is 2. The van der Waals surface area contributed by atoms with Crippen LogP contribution in [0.3, 0.4) is 0 Å². The van der Waals surface area contributed by atoms with Gasteiger partial charge in [-0.2, -0.15) is 0 Å². The lowest BCUT2D eigenvalue weighted by Crippen LogP contribution is -2.53. The first-order chi connectivity index (χ1) is 12.9. The van der Waals surface area contributed by atoms with Crippen molar-refractivity contribution in [1.29, 1.82) is 0 Å². The second-order valence-corrected chi connectivity index (χ2v) is 8.72. The highest BCUT2D eigenvalue weighted by Crippen LogP contribution is 2.28. The van der Waals surface area contributed by atoms with E-state index in [9.17, 15) is 5.11 Å². The molecule has 0 saturated heterocycles. The van der Waals surface area contributed by atoms with E-state index in [4.69, 9.17) is 33.7 Å². The summed E-state index contributed by atoms with van der Waals surface area (Å²) in [6.07, 6.45) is 6.62. The van der Waals surface area contributed by atoms with Crippen LogP contribution in [0, 0.1) is 5.92 Å². The van der Waals surface area contributed by atoms with Crippen LogP contribution in [0.15, 0.2) is 18.2 Å². The van der Waals surface area contributed by atoms with E-state index in [0.29, 0.717) is 28.9 Å². The molecule has 4 N–H and O–H groups in total. The third-order valence-corrected chi connectivity index (χ3v) is 5.99. The molecule has 0 heterocycles. The highest BCUT2D eigenvalue weighted by atomic mass is 35.5. The molecule has 2 rings (SSSR count). The van der Waals surface area contributed by atoms with Crippen LogP contribution in [-0.2, 0) is 11.2 Å². The topological polar surface area (TPSA) is 67.5 Å². The van der Waals surface area contributed by atoms with Gasteiger partial charge in [0.1, 0.15) is 12.3 Å². The van der Waals surface area contributed by atoms with Gasteiger partial charge < -0.3 is 15.6 Å². The third kappa shape index (κ3) is 7.52. The van der Waals surface area contributed by atoms with Crippen LogP contribution < -0.4 is 11.1 Å². The predicted molar refractivity (Wildman–Crippen MR) is 113 cm³/mol. The maximum absolute atomic E-state index is 10.7. The molecule has 0 aliphatic heterocycles. The number of hydrogen-bond acceptors (Lipinski definition) is 4. The Bertz CT molecular complexity index is 545. The highest BCUT2D eigenvalue weighted by Gasteiger charge is 2.30. The molecule has 3 atom stereocenters. The van der Waals surface area contributed by atoms with Crippen molar-refractivity contribution < 1.29 is 9.84 Å². The van der Waals surface area contributed by atoms with Crippen LogP contribution in [0.5, 0.6) is 0 Å². The van der Waals surface area contributed by atoms with Crippen molar-refractivity contribution in [3.05, 3.63) is 33.8 Å². The Hall–Kier alpha value is -0.360. The molecule has 1 aliphatic rings. The average molecular weight is 417 g/mol. The number of nitrogens with two attached hydrogens (primary N) is 1. The molecule has 0 aromatic heterocycles. The molecule has 4 nitrogen and oxygen atoms in total. The molecule has 1 aromatic carbocycles. The van der Waals surface area contributed by atoms with E-state index in [0.717, 1.165) is 12.0 Å². The molecular weight excluding hydrogens is 383 g/mol. The summed E-state index contributed by atoms with van der Waals surface area (Å²) in [4.78, 5) is 0. The molecule has 0 bridgehead atoms. The lowest BCUT2D eigenvalue weighted by molar-refractivity contribution is -0.0906. The van der Waals surface area contributed by atoms with Gasteiger partial charge in [-0.15, -0.1) is 0 Å². The van der Waals surface area contributed by atoms with Crippen LogP contribution >= 0.6 is 23.2 Å². The molecule has 0 spiro atoms. The molecule has 6 heteroatoms. The van der Waals surface area contributed by atoms with Crippen molar-refractivity contribution in [2.24, 2.45) is 11.7 Å². The minimum atomic E-state index is -0.827. The van der Waals surface area contributed by atoms with Gasteiger partial charge in [0, 0.05) is 22.6 Å². The first-order valence-corrected chi connectivity index (χ1v) is 10.9. The lowest BCUT2D eigenvalue weighted by Gasteiger charge is -2.33. The lowest BCUT2D eigenvalue weighted by atomic mass is 9.83. The predicted octanol–water partition coefficient (Wildman–Crippen LogP) is 4.54. The van der Waals surface area contributed by atoms with Gasteiger partial charge in [0.15, 0.2) is 0 Å². The summed E-state index contributed by atoms with van der Waals surface area (Å²) >= 11 is 12.4. The van der Waals surface area contributed by atoms with Gasteiger partial charge in [-0.05, 0) is 50.3 Å². The summed E-state index contributed by atoms with van der Waals surface area (Å²) in [6.45, 7) is 4.48. The summed E-state index contributed by atoms with van der Waals surface area (Å²) in [7, 11) is 0. The zero-order chi connectivity index (χ0) is 19.8. The number of aliphatic hydroxyl groups excluding tert-OH is 1. The Labute approximate surface area is 173 Å². The number of hydrogen-bond donors (Lipinski definition) is 3. The molecule has 1 saturated carbocycles. The van der Waals surface area contributed by atoms with Crippen molar-refractivity contribution >= 4 is 23.2 Å². The molecule has 1 aliphatic carbocycles. The van der Waals surface area contributed by atoms with E-state index >= 15 is 0 Å². The van der Waals surface area contributed by atoms with Gasteiger partial charge in [-0.3, -0.25) is 5.32 Å². The number of rotatable bonds is 10. The summed E-state index contributed by atoms with van der Waals surface area (Å²) in [5.41, 5.74) is 7.34. The van der Waals surface area contributed by atoms with Crippen LogP contribution in [-0.4, -0.2) is 36.1 Å². The van der Waals surface area contributed by atoms with Gasteiger partial charge >= 0.3 is 0 Å². The van der Waals surface area contributed by atoms with Gasteiger partial charge in [0.2, 0.25) is 0 Å². The molecule has 27 heavy (non-hydrogen) atoms. The van der Waals surface area contributed by atoms with E-state index < -0.39 is 12.3 Å². The minimum absolute atomic E-state index is 0.00173. The van der Waals surface area contributed by atoms with Gasteiger partial charge in [0.25, 0.3) is 0 Å². The normalized spacial score (nSPS) is 19.2. The SMILES string of the molecule is CC(C)OC(C(O)NCCc1c(Cl)cccc1Cl)[C@H](N)CC1CCCCC1. The molecule has 154 valence electrons. The largest absolute Gasteiger partial charge is 0.376 e. The van der Waals surface area contributed by atoms with Crippen molar-refractivity contribution in [1.82, 2.24) is 5.32 Å². The summed E-state index contributed by atoms with van der Waals surface area (Å²) in [5, 5.41) is 15.1. The van der Waals surface area contributed by atoms with Crippen molar-refractivity contribution in [2.75, 3.05) is 6.54 Å². The van der Waals surface area contributed by atoms with E-state index in [1.54, 1.807) is 0 Å². The van der Waals surface area contributed by atoms with Crippen LogP contribution in [0.25, 0.3) is 0 Å². The molecule has 1 aromatic rings. The summed E-state index contributed by atoms with van der Waals surface area (Å²) < 4.78 is 5.98. The Balaban J connectivity index is 1.89. The minimum Gasteiger partial charge on any atom is -0.376 e. The zero-order valence-electron chi connectivity index (χ0n) is 16.5. The maximum Gasteiger partial charge on any atom is 0.132 e. The molecule has 1 fully saturated rings. The number of nitrogens with one attached hydrogen (secondary N) is 1. The third-order valence-electron chi connectivity index (χ3n) is 5.28. The van der Waals surface area contributed by atoms with Gasteiger partial charge in [0.05, 0.1) is 6.10 Å². The fourth-order valence-corrected chi connectivity index (χ4v) is 4.48. The van der Waals surface area contributed by atoms with E-state index in [-0.39, 0.29) is 12.1 Å². The standard InChI is InChI=1S/C21H34Cl2N2O2/c1-14(2)27-20(19(24)13-15-7-4-3-5-8-15)21(26)25-12-11-16-17(22)9-6-10-18(16)23/h6,9-10,14-15,19-21,25-26H,3-5,7-8,11-13,24H2,1-2H3/t19-,20?,21?/m1/s1. The Kier molecular flexibility index (Phi) is 9.85. The Morgan fingerprint density at radius 2 is 1.81 bits per heavy atom. The van der Waals surface area contributed by atoms with Gasteiger partial charge in [-0.1, -0.05) is 61.4 Å². The van der Waals surface area contributed by atoms with Gasteiger partial charge in [-0.25, -0.2) is 0 Å². The van der Waals surface area contributed by atoms with Crippen LogP contribution in [0.2, 0.25) is 10.0 Å². The van der Waals surface area contributed by atoms with Crippen molar-refractivity contribution in [2.45, 2.75) is 83.3 Å². The monoisotopic (exact) mass is 416 g/mol. The second-order valence-electron chi connectivity index (χ2n) is 7.90. The van der Waals surface area contributed by atoms with Crippen molar-refractivity contribution in [3.63, 3.8) is 0 Å². The fourth-order valence-electron chi connectivity index (χ4n) is 3.90. The van der Waals surface area contributed by atoms with Crippen LogP contribution in [0.1, 0.15) is 57.9 Å². The Morgan fingerprint density at radius 1 is 1.19 bits per heavy atom. The second kappa shape index (κ2) is 11.6. The van der Waals surface area contributed by atoms with E-state index in [1.165, 1.54) is 32.1 Å². The average Bonchev–Trinajstić information content (AvgIpc) is 2.62. The van der Waals surface area contributed by atoms with E-state index in [2.05, 4.69) is 5.32 Å².